The maximum atomic E-state index is 4.40. The number of nitrogens with zero attached hydrogens (tertiary/aromatic N) is 3. The second kappa shape index (κ2) is 4.67. The van der Waals surface area contributed by atoms with E-state index < -0.39 is 0 Å². The fraction of sp³-hybridized carbons (Fsp3) is 0.786. The average molecular weight is 248 g/mol. The summed E-state index contributed by atoms with van der Waals surface area (Å²) in [5.74, 6) is 0. The van der Waals surface area contributed by atoms with E-state index in [2.05, 4.69) is 35.5 Å². The van der Waals surface area contributed by atoms with E-state index in [1.807, 2.05) is 11.7 Å². The lowest BCUT2D eigenvalue weighted by Gasteiger charge is -2.36. The first kappa shape index (κ1) is 12.2. The highest BCUT2D eigenvalue weighted by Crippen LogP contribution is 2.34. The number of nitrogens with one attached hydrogen (secondary N) is 1. The summed E-state index contributed by atoms with van der Waals surface area (Å²) in [5, 5.41) is 8.13. The molecule has 2 saturated heterocycles. The maximum Gasteiger partial charge on any atom is 0.0638 e. The van der Waals surface area contributed by atoms with Crippen molar-refractivity contribution in [3.8, 4) is 0 Å². The first-order chi connectivity index (χ1) is 8.63. The van der Waals surface area contributed by atoms with Gasteiger partial charge in [0, 0.05) is 43.5 Å². The number of piperidine rings is 1. The molecular weight excluding hydrogens is 224 g/mol. The summed E-state index contributed by atoms with van der Waals surface area (Å²) in [7, 11) is 4.29. The summed E-state index contributed by atoms with van der Waals surface area (Å²) in [6.45, 7) is 3.06. The van der Waals surface area contributed by atoms with Crippen LogP contribution in [-0.2, 0) is 13.6 Å². The Balaban J connectivity index is 1.57. The van der Waals surface area contributed by atoms with Gasteiger partial charge in [-0.05, 0) is 39.7 Å². The van der Waals surface area contributed by atoms with Crippen molar-refractivity contribution in [2.75, 3.05) is 7.05 Å². The standard InChI is InChI=1S/C14H24N4/c1-10-11(9-17(2)16-10)8-15-12-6-13-4-5-14(7-12)18(13)3/h9,12-15H,4-8H2,1-3H3. The van der Waals surface area contributed by atoms with Crippen molar-refractivity contribution in [1.29, 1.82) is 0 Å². The van der Waals surface area contributed by atoms with Crippen LogP contribution < -0.4 is 5.32 Å². The fourth-order valence-corrected chi connectivity index (χ4v) is 3.65. The highest BCUT2D eigenvalue weighted by molar-refractivity contribution is 5.15. The van der Waals surface area contributed by atoms with Gasteiger partial charge in [0.15, 0.2) is 0 Å². The number of hydrogen-bond acceptors (Lipinski definition) is 3. The molecule has 1 aromatic rings. The van der Waals surface area contributed by atoms with Crippen LogP contribution in [0.1, 0.15) is 36.9 Å². The Morgan fingerprint density at radius 1 is 1.28 bits per heavy atom. The normalized spacial score (nSPS) is 32.1. The molecule has 3 rings (SSSR count). The van der Waals surface area contributed by atoms with Gasteiger partial charge in [0.2, 0.25) is 0 Å². The largest absolute Gasteiger partial charge is 0.310 e. The third-order valence-electron chi connectivity index (χ3n) is 4.79. The van der Waals surface area contributed by atoms with Crippen LogP contribution in [0.25, 0.3) is 0 Å². The van der Waals surface area contributed by atoms with E-state index in [1.165, 1.54) is 31.2 Å². The molecule has 2 fully saturated rings. The molecule has 1 N–H and O–H groups in total. The lowest BCUT2D eigenvalue weighted by atomic mass is 9.98. The molecule has 4 nitrogen and oxygen atoms in total. The van der Waals surface area contributed by atoms with Gasteiger partial charge in [-0.1, -0.05) is 0 Å². The molecule has 18 heavy (non-hydrogen) atoms. The molecule has 0 spiro atoms. The van der Waals surface area contributed by atoms with Crippen molar-refractivity contribution >= 4 is 0 Å². The Morgan fingerprint density at radius 2 is 1.94 bits per heavy atom. The van der Waals surface area contributed by atoms with E-state index in [0.717, 1.165) is 24.3 Å². The molecule has 0 radical (unpaired) electrons. The van der Waals surface area contributed by atoms with Gasteiger partial charge in [0.1, 0.15) is 0 Å². The highest BCUT2D eigenvalue weighted by Gasteiger charge is 2.38. The van der Waals surface area contributed by atoms with Crippen molar-refractivity contribution in [3.63, 3.8) is 0 Å². The topological polar surface area (TPSA) is 33.1 Å². The number of hydrogen-bond donors (Lipinski definition) is 1. The Morgan fingerprint density at radius 3 is 2.50 bits per heavy atom. The van der Waals surface area contributed by atoms with Gasteiger partial charge in [-0.2, -0.15) is 5.10 Å². The van der Waals surface area contributed by atoms with Crippen LogP contribution in [0.2, 0.25) is 0 Å². The van der Waals surface area contributed by atoms with Crippen LogP contribution in [-0.4, -0.2) is 39.9 Å². The van der Waals surface area contributed by atoms with E-state index in [0.29, 0.717) is 6.04 Å². The third kappa shape index (κ3) is 2.19. The van der Waals surface area contributed by atoms with Gasteiger partial charge in [-0.15, -0.1) is 0 Å². The Kier molecular flexibility index (Phi) is 3.16. The van der Waals surface area contributed by atoms with Crippen LogP contribution in [0.5, 0.6) is 0 Å². The van der Waals surface area contributed by atoms with E-state index in [1.54, 1.807) is 0 Å². The van der Waals surface area contributed by atoms with Gasteiger partial charge in [0.05, 0.1) is 5.69 Å². The zero-order valence-corrected chi connectivity index (χ0v) is 11.7. The molecule has 1 aromatic heterocycles. The minimum atomic E-state index is 0.693. The second-order valence-corrected chi connectivity index (χ2v) is 6.01. The minimum absolute atomic E-state index is 0.693. The molecular formula is C14H24N4. The zero-order valence-electron chi connectivity index (χ0n) is 11.7. The number of rotatable bonds is 3. The SMILES string of the molecule is Cc1nn(C)cc1CNC1CC2CCC(C1)N2C. The Bertz CT molecular complexity index is 411. The third-order valence-corrected chi connectivity index (χ3v) is 4.79. The zero-order chi connectivity index (χ0) is 12.7. The molecule has 100 valence electrons. The number of aryl methyl sites for hydroxylation is 2. The highest BCUT2D eigenvalue weighted by atomic mass is 15.3. The number of aromatic nitrogens is 2. The smallest absolute Gasteiger partial charge is 0.0638 e. The summed E-state index contributed by atoms with van der Waals surface area (Å²) >= 11 is 0. The van der Waals surface area contributed by atoms with Crippen LogP contribution in [0.15, 0.2) is 6.20 Å². The lowest BCUT2D eigenvalue weighted by molar-refractivity contribution is 0.148. The molecule has 4 heteroatoms. The first-order valence-electron chi connectivity index (χ1n) is 7.08. The van der Waals surface area contributed by atoms with Crippen molar-refractivity contribution in [3.05, 3.63) is 17.5 Å². The van der Waals surface area contributed by atoms with E-state index in [-0.39, 0.29) is 0 Å². The van der Waals surface area contributed by atoms with E-state index in [9.17, 15) is 0 Å². The van der Waals surface area contributed by atoms with Crippen molar-refractivity contribution in [2.45, 2.75) is 57.3 Å². The van der Waals surface area contributed by atoms with Crippen molar-refractivity contribution in [2.24, 2.45) is 7.05 Å². The van der Waals surface area contributed by atoms with Crippen LogP contribution in [0.3, 0.4) is 0 Å². The molecule has 2 atom stereocenters. The molecule has 2 aliphatic heterocycles. The number of fused-ring (bicyclic) bond motifs is 2. The second-order valence-electron chi connectivity index (χ2n) is 6.01. The van der Waals surface area contributed by atoms with Gasteiger partial charge in [-0.3, -0.25) is 4.68 Å². The monoisotopic (exact) mass is 248 g/mol. The molecule has 0 amide bonds. The molecule has 0 aliphatic carbocycles. The summed E-state index contributed by atoms with van der Waals surface area (Å²) in [6.07, 6.45) is 7.54. The van der Waals surface area contributed by atoms with E-state index >= 15 is 0 Å². The van der Waals surface area contributed by atoms with Crippen molar-refractivity contribution < 1.29 is 0 Å². The molecule has 0 aromatic carbocycles. The molecule has 2 unspecified atom stereocenters. The fourth-order valence-electron chi connectivity index (χ4n) is 3.65. The van der Waals surface area contributed by atoms with Crippen molar-refractivity contribution in [1.82, 2.24) is 20.0 Å². The Hall–Kier alpha value is -0.870. The first-order valence-corrected chi connectivity index (χ1v) is 7.08. The van der Waals surface area contributed by atoms with E-state index in [4.69, 9.17) is 0 Å². The molecule has 2 bridgehead atoms. The average Bonchev–Trinajstić information content (AvgIpc) is 2.74. The quantitative estimate of drug-likeness (QED) is 0.879. The van der Waals surface area contributed by atoms with Gasteiger partial charge >= 0.3 is 0 Å². The maximum absolute atomic E-state index is 4.40. The summed E-state index contributed by atoms with van der Waals surface area (Å²) in [4.78, 5) is 2.59. The van der Waals surface area contributed by atoms with Crippen LogP contribution >= 0.6 is 0 Å². The lowest BCUT2D eigenvalue weighted by Crippen LogP contribution is -2.47. The Labute approximate surface area is 109 Å². The predicted octanol–water partition coefficient (Wildman–Crippen LogP) is 1.44. The summed E-state index contributed by atoms with van der Waals surface area (Å²) in [5.41, 5.74) is 2.49. The predicted molar refractivity (Wildman–Crippen MR) is 72.4 cm³/mol. The molecule has 0 saturated carbocycles. The van der Waals surface area contributed by atoms with Crippen LogP contribution in [0.4, 0.5) is 0 Å². The summed E-state index contributed by atoms with van der Waals surface area (Å²) in [6, 6.07) is 2.32. The summed E-state index contributed by atoms with van der Waals surface area (Å²) < 4.78 is 1.91. The minimum Gasteiger partial charge on any atom is -0.310 e. The van der Waals surface area contributed by atoms with Crippen LogP contribution in [0, 0.1) is 6.92 Å². The molecule has 2 aliphatic rings. The van der Waals surface area contributed by atoms with Gasteiger partial charge in [-0.25, -0.2) is 0 Å². The van der Waals surface area contributed by atoms with Gasteiger partial charge < -0.3 is 10.2 Å². The van der Waals surface area contributed by atoms with Gasteiger partial charge in [0.25, 0.3) is 0 Å². The molecule has 3 heterocycles.